The Kier molecular flexibility index (Phi) is 31.7. The molecule has 428 valence electrons. The first-order chi connectivity index (χ1) is 34.9. The molecule has 0 heterocycles. The van der Waals surface area contributed by atoms with E-state index >= 15 is 0 Å². The maximum absolute atomic E-state index is 13.6. The maximum Gasteiger partial charge on any atom is 0.434 e. The molecule has 0 radical (unpaired) electrons. The van der Waals surface area contributed by atoms with E-state index in [9.17, 15) is 28.8 Å². The minimum atomic E-state index is -0.820. The highest BCUT2D eigenvalue weighted by Crippen LogP contribution is 2.17. The molecule has 6 N–H and O–H groups in total. The van der Waals surface area contributed by atoms with Gasteiger partial charge in [-0.05, 0) is 205 Å². The zero-order valence-electron chi connectivity index (χ0n) is 48.4. The zero-order valence-corrected chi connectivity index (χ0v) is 48.4. The Morgan fingerprint density at radius 1 is 0.533 bits per heavy atom. The molecule has 19 heteroatoms. The topological polar surface area (TPSA) is 251 Å². The molecule has 2 atom stereocenters. The molecule has 0 saturated carbocycles. The molecular weight excluding hydrogens is 961 g/mol. The van der Waals surface area contributed by atoms with E-state index in [0.29, 0.717) is 109 Å². The first kappa shape index (κ1) is 67.7. The average molecular weight is 1060 g/mol. The van der Waals surface area contributed by atoms with Crippen LogP contribution in [-0.2, 0) is 35.0 Å². The number of aliphatic imine (C=N–C) groups is 2. The summed E-state index contributed by atoms with van der Waals surface area (Å²) >= 11 is 0. The van der Waals surface area contributed by atoms with E-state index in [0.717, 1.165) is 50.7 Å². The van der Waals surface area contributed by atoms with E-state index in [1.807, 2.05) is 12.1 Å². The lowest BCUT2D eigenvalue weighted by molar-refractivity contribution is -0.124. The van der Waals surface area contributed by atoms with Crippen LogP contribution in [-0.4, -0.2) is 133 Å². The van der Waals surface area contributed by atoms with Gasteiger partial charge in [0.25, 0.3) is 0 Å². The van der Waals surface area contributed by atoms with Gasteiger partial charge in [0.1, 0.15) is 46.8 Å². The van der Waals surface area contributed by atoms with Gasteiger partial charge in [0, 0.05) is 31.1 Å². The Labute approximate surface area is 449 Å². The van der Waals surface area contributed by atoms with Crippen LogP contribution in [0.5, 0.6) is 5.75 Å². The Morgan fingerprint density at radius 2 is 0.947 bits per heavy atom. The number of nitrogens with zero attached hydrogens (tertiary/aromatic N) is 3. The predicted octanol–water partition coefficient (Wildman–Crippen LogP) is 10.1. The van der Waals surface area contributed by atoms with Crippen LogP contribution in [0.4, 0.5) is 19.2 Å². The highest BCUT2D eigenvalue weighted by Gasteiger charge is 2.26. The van der Waals surface area contributed by atoms with Crippen LogP contribution in [0.2, 0.25) is 0 Å². The van der Waals surface area contributed by atoms with Crippen molar-refractivity contribution >= 4 is 47.6 Å². The summed E-state index contributed by atoms with van der Waals surface area (Å²) in [5, 5.41) is 11.5. The molecule has 0 spiro atoms. The van der Waals surface area contributed by atoms with Crippen molar-refractivity contribution in [2.24, 2.45) is 15.7 Å². The number of nitrogens with two attached hydrogens (primary N) is 1. The van der Waals surface area contributed by atoms with Crippen molar-refractivity contribution in [3.63, 3.8) is 0 Å². The third-order valence-electron chi connectivity index (χ3n) is 10.8. The molecule has 0 aliphatic carbocycles. The molecule has 1 aromatic rings. The van der Waals surface area contributed by atoms with Gasteiger partial charge in [-0.25, -0.2) is 19.2 Å². The molecule has 75 heavy (non-hydrogen) atoms. The van der Waals surface area contributed by atoms with Gasteiger partial charge in [0.2, 0.25) is 11.8 Å². The number of nitrogens with one attached hydrogen (secondary N) is 4. The van der Waals surface area contributed by atoms with Crippen molar-refractivity contribution in [3.8, 4) is 5.75 Å². The van der Waals surface area contributed by atoms with Gasteiger partial charge in [-0.1, -0.05) is 37.8 Å². The predicted molar refractivity (Wildman–Crippen MR) is 297 cm³/mol. The number of aryl methyl sites for hydroxylation is 1. The third-order valence-corrected chi connectivity index (χ3v) is 10.8. The number of carbonyl (C=O) groups excluding carboxylic acids is 6. The number of benzene rings is 1. The lowest BCUT2D eigenvalue weighted by Crippen LogP contribution is -2.48. The monoisotopic (exact) mass is 1060 g/mol. The normalized spacial score (nSPS) is 13.3. The van der Waals surface area contributed by atoms with Crippen LogP contribution < -0.4 is 31.7 Å². The summed E-state index contributed by atoms with van der Waals surface area (Å²) in [7, 11) is 0. The molecule has 0 fully saturated rings. The van der Waals surface area contributed by atoms with Crippen molar-refractivity contribution in [1.29, 1.82) is 0 Å². The number of unbranched alkanes of at least 4 members (excludes halogenated alkanes) is 5. The van der Waals surface area contributed by atoms with Crippen LogP contribution >= 0.6 is 0 Å². The second kappa shape index (κ2) is 35.1. The quantitative estimate of drug-likeness (QED) is 0.0256. The molecule has 0 saturated heterocycles. The van der Waals surface area contributed by atoms with Crippen LogP contribution in [0.3, 0.4) is 0 Å². The van der Waals surface area contributed by atoms with Gasteiger partial charge in [-0.2, -0.15) is 9.98 Å². The standard InChI is InChI=1S/C56H98N8O11/c1-41(60-49(67)72-53(3,4)5)25-17-15-19-28-45(62-51(69)74-55(9,10)11)47(65)58-35-23-37-64(39-40-71-44-32-30-43(31-33-44)27-21-22-34-57)38-24-36-59-48(66)46(63-52(70)75-56(12,13)14)29-20-16-18-26-42(2)61-50(68)73-54(6,7)8/h30-33,45-46H,15-29,34-40,57H2,1-14H3,(H,58,65)(H,59,66)(H,62,69)(H,63,70)/t45-,46-/m0/s1. The van der Waals surface area contributed by atoms with Gasteiger partial charge in [0.05, 0.1) is 0 Å². The van der Waals surface area contributed by atoms with Crippen molar-refractivity contribution in [1.82, 2.24) is 26.2 Å². The molecule has 1 aromatic carbocycles. The van der Waals surface area contributed by atoms with Crippen molar-refractivity contribution in [3.05, 3.63) is 29.8 Å². The summed E-state index contributed by atoms with van der Waals surface area (Å²) in [6, 6.07) is 6.45. The first-order valence-electron chi connectivity index (χ1n) is 27.2. The largest absolute Gasteiger partial charge is 0.492 e. The number of hydrogen-bond donors (Lipinski definition) is 5. The fraction of sp³-hybridized carbons (Fsp3) is 0.750. The minimum absolute atomic E-state index is 0.315. The number of carbonyl (C=O) groups is 6. The fourth-order valence-electron chi connectivity index (χ4n) is 7.37. The maximum atomic E-state index is 13.6. The second-order valence-electron chi connectivity index (χ2n) is 23.1. The van der Waals surface area contributed by atoms with Crippen molar-refractivity contribution < 1.29 is 52.5 Å². The van der Waals surface area contributed by atoms with E-state index < -0.39 is 58.9 Å². The van der Waals surface area contributed by atoms with Crippen LogP contribution in [0, 0.1) is 0 Å². The highest BCUT2D eigenvalue weighted by atomic mass is 16.6. The number of alkyl carbamates (subject to hydrolysis) is 2. The molecular formula is C56H98N8O11. The molecule has 0 bridgehead atoms. The molecule has 0 aliphatic rings. The van der Waals surface area contributed by atoms with Gasteiger partial charge >= 0.3 is 24.4 Å². The SMILES string of the molecule is CC(CCCCC[C@H](NC(=O)OC(C)(C)C)C(=O)NCCCN(CCCNC(=O)[C@H](CCCCCC(C)=NC(=O)OC(C)(C)C)NC(=O)OC(C)(C)C)CCOc1ccc(CCCCN)cc1)=NC(=O)OC(C)(C)C. The van der Waals surface area contributed by atoms with E-state index in [4.69, 9.17) is 29.4 Å². The Morgan fingerprint density at radius 3 is 1.33 bits per heavy atom. The van der Waals surface area contributed by atoms with Gasteiger partial charge in [-0.15, -0.1) is 0 Å². The van der Waals surface area contributed by atoms with Gasteiger partial charge in [-0.3, -0.25) is 14.5 Å². The summed E-state index contributed by atoms with van der Waals surface area (Å²) in [6.45, 7) is 28.4. The highest BCUT2D eigenvalue weighted by molar-refractivity contribution is 5.92. The molecule has 0 aliphatic heterocycles. The van der Waals surface area contributed by atoms with Gasteiger partial charge in [0.15, 0.2) is 0 Å². The Hall–Kier alpha value is -5.30. The van der Waals surface area contributed by atoms with Crippen LogP contribution in [0.25, 0.3) is 0 Å². The summed E-state index contributed by atoms with van der Waals surface area (Å²) in [5.41, 5.74) is 5.46. The lowest BCUT2D eigenvalue weighted by Gasteiger charge is -2.25. The fourth-order valence-corrected chi connectivity index (χ4v) is 7.37. The van der Waals surface area contributed by atoms with Crippen molar-refractivity contribution in [2.75, 3.05) is 45.9 Å². The van der Waals surface area contributed by atoms with E-state index in [1.54, 1.807) is 96.9 Å². The van der Waals surface area contributed by atoms with Crippen LogP contribution in [0.15, 0.2) is 34.3 Å². The molecule has 0 aromatic heterocycles. The minimum Gasteiger partial charge on any atom is -0.492 e. The van der Waals surface area contributed by atoms with Gasteiger partial charge < -0.3 is 50.7 Å². The van der Waals surface area contributed by atoms with E-state index in [1.165, 1.54) is 5.56 Å². The average Bonchev–Trinajstić information content (AvgIpc) is 3.25. The number of hydrogen-bond acceptors (Lipinski definition) is 13. The van der Waals surface area contributed by atoms with E-state index in [2.05, 4.69) is 48.3 Å². The Bertz CT molecular complexity index is 1820. The summed E-state index contributed by atoms with van der Waals surface area (Å²) < 4.78 is 27.7. The summed E-state index contributed by atoms with van der Waals surface area (Å²) in [5.74, 6) is 0.130. The number of ether oxygens (including phenoxy) is 5. The molecule has 19 nitrogen and oxygen atoms in total. The van der Waals surface area contributed by atoms with Crippen LogP contribution in [0.1, 0.15) is 192 Å². The lowest BCUT2D eigenvalue weighted by atomic mass is 10.1. The summed E-state index contributed by atoms with van der Waals surface area (Å²) in [6.07, 6.45) is 7.76. The zero-order chi connectivity index (χ0) is 56.7. The van der Waals surface area contributed by atoms with Crippen molar-refractivity contribution in [2.45, 2.75) is 228 Å². The summed E-state index contributed by atoms with van der Waals surface area (Å²) in [4.78, 5) is 87.4. The second-order valence-corrected chi connectivity index (χ2v) is 23.1. The first-order valence-corrected chi connectivity index (χ1v) is 27.2. The van der Waals surface area contributed by atoms with E-state index in [-0.39, 0.29) is 11.8 Å². The molecule has 0 unspecified atom stereocenters. The molecule has 1 rings (SSSR count). The molecule has 6 amide bonds. The number of rotatable bonds is 32. The Balaban J connectivity index is 2.99. The third kappa shape index (κ3) is 38.0. The number of amides is 6. The smallest absolute Gasteiger partial charge is 0.434 e.